The minimum absolute atomic E-state index is 0.0724. The van der Waals surface area contributed by atoms with Crippen molar-refractivity contribution in [2.75, 3.05) is 56.0 Å². The molecular formula is C29H31F3N4O2. The Kier molecular flexibility index (Phi) is 7.56. The highest BCUT2D eigenvalue weighted by Crippen LogP contribution is 2.32. The Balaban J connectivity index is 1.08. The van der Waals surface area contributed by atoms with Gasteiger partial charge in [-0.25, -0.2) is 0 Å². The van der Waals surface area contributed by atoms with Crippen LogP contribution in [0.2, 0.25) is 0 Å². The van der Waals surface area contributed by atoms with E-state index in [1.54, 1.807) is 6.07 Å². The van der Waals surface area contributed by atoms with Crippen molar-refractivity contribution in [3.05, 3.63) is 72.3 Å². The number of piperazine rings is 1. The van der Waals surface area contributed by atoms with E-state index in [-0.39, 0.29) is 24.3 Å². The average Bonchev–Trinajstić information content (AvgIpc) is 2.93. The third-order valence-electron chi connectivity index (χ3n) is 7.50. The smallest absolute Gasteiger partial charge is 0.368 e. The van der Waals surface area contributed by atoms with Crippen molar-refractivity contribution in [3.8, 4) is 0 Å². The molecule has 200 valence electrons. The number of piperidine rings is 1. The van der Waals surface area contributed by atoms with Gasteiger partial charge in [0.1, 0.15) is 0 Å². The van der Waals surface area contributed by atoms with Crippen molar-refractivity contribution in [2.24, 2.45) is 5.92 Å². The lowest BCUT2D eigenvalue weighted by Crippen LogP contribution is -2.52. The Morgan fingerprint density at radius 2 is 1.53 bits per heavy atom. The highest BCUT2D eigenvalue weighted by molar-refractivity contribution is 6.02. The molecule has 2 saturated heterocycles. The molecule has 3 aromatic rings. The van der Waals surface area contributed by atoms with Crippen molar-refractivity contribution >= 4 is 34.0 Å². The van der Waals surface area contributed by atoms with Gasteiger partial charge < -0.3 is 15.1 Å². The largest absolute Gasteiger partial charge is 0.416 e. The third kappa shape index (κ3) is 5.93. The Hall–Kier alpha value is -3.59. The summed E-state index contributed by atoms with van der Waals surface area (Å²) in [5.41, 5.74) is 0.663. The maximum absolute atomic E-state index is 13.1. The van der Waals surface area contributed by atoms with E-state index in [1.165, 1.54) is 12.1 Å². The van der Waals surface area contributed by atoms with Gasteiger partial charge >= 0.3 is 6.18 Å². The molecule has 2 fully saturated rings. The number of carbonyl (C=O) groups excluding carboxylic acids is 2. The first kappa shape index (κ1) is 26.0. The van der Waals surface area contributed by atoms with Crippen LogP contribution in [0.15, 0.2) is 66.7 Å². The SMILES string of the molecule is O=C(CN1CCC(C(=O)N2CCN(c3cccc(C(F)(F)F)c3)CC2)CC1)Nc1cccc2ccccc12. The van der Waals surface area contributed by atoms with Crippen molar-refractivity contribution in [1.82, 2.24) is 9.80 Å². The van der Waals surface area contributed by atoms with Crippen LogP contribution < -0.4 is 10.2 Å². The van der Waals surface area contributed by atoms with Crippen LogP contribution in [0.3, 0.4) is 0 Å². The van der Waals surface area contributed by atoms with Crippen LogP contribution in [0.1, 0.15) is 18.4 Å². The number of anilines is 2. The molecule has 0 atom stereocenters. The minimum Gasteiger partial charge on any atom is -0.368 e. The summed E-state index contributed by atoms with van der Waals surface area (Å²) >= 11 is 0. The number of hydrogen-bond acceptors (Lipinski definition) is 4. The molecule has 0 radical (unpaired) electrons. The van der Waals surface area contributed by atoms with E-state index in [0.29, 0.717) is 57.8 Å². The monoisotopic (exact) mass is 524 g/mol. The summed E-state index contributed by atoms with van der Waals surface area (Å²) in [5, 5.41) is 5.09. The van der Waals surface area contributed by atoms with Crippen LogP contribution in [-0.4, -0.2) is 67.4 Å². The molecule has 2 aliphatic rings. The second-order valence-corrected chi connectivity index (χ2v) is 9.99. The first-order chi connectivity index (χ1) is 18.3. The summed E-state index contributed by atoms with van der Waals surface area (Å²) in [4.78, 5) is 31.7. The maximum Gasteiger partial charge on any atom is 0.416 e. The van der Waals surface area contributed by atoms with Gasteiger partial charge in [-0.05, 0) is 55.6 Å². The fraction of sp³-hybridized carbons (Fsp3) is 0.379. The van der Waals surface area contributed by atoms with E-state index in [0.717, 1.165) is 22.5 Å². The fourth-order valence-corrected chi connectivity index (χ4v) is 5.39. The lowest BCUT2D eigenvalue weighted by molar-refractivity contribution is -0.138. The zero-order valence-corrected chi connectivity index (χ0v) is 21.1. The van der Waals surface area contributed by atoms with Gasteiger partial charge in [0.15, 0.2) is 0 Å². The molecule has 2 amide bonds. The number of halogens is 3. The fourth-order valence-electron chi connectivity index (χ4n) is 5.39. The van der Waals surface area contributed by atoms with Gasteiger partial charge in [0.05, 0.1) is 12.1 Å². The van der Waals surface area contributed by atoms with Gasteiger partial charge in [-0.15, -0.1) is 0 Å². The number of nitrogens with zero attached hydrogens (tertiary/aromatic N) is 3. The second kappa shape index (κ2) is 11.0. The lowest BCUT2D eigenvalue weighted by Gasteiger charge is -2.39. The molecular weight excluding hydrogens is 493 g/mol. The van der Waals surface area contributed by atoms with Gasteiger partial charge in [0, 0.05) is 48.9 Å². The molecule has 38 heavy (non-hydrogen) atoms. The molecule has 0 aromatic heterocycles. The standard InChI is InChI=1S/C29H31F3N4O2/c30-29(31,32)23-7-4-8-24(19-23)35-15-17-36(18-16-35)28(38)22-11-13-34(14-12-22)20-27(37)33-26-10-3-6-21-5-1-2-9-25(21)26/h1-10,19,22H,11-18,20H2,(H,33,37). The Labute approximate surface area is 220 Å². The van der Waals surface area contributed by atoms with E-state index in [4.69, 9.17) is 0 Å². The zero-order chi connectivity index (χ0) is 26.7. The molecule has 1 N–H and O–H groups in total. The number of fused-ring (bicyclic) bond motifs is 1. The molecule has 0 spiro atoms. The van der Waals surface area contributed by atoms with Crippen LogP contribution in [0.25, 0.3) is 10.8 Å². The van der Waals surface area contributed by atoms with Gasteiger partial charge in [0.2, 0.25) is 11.8 Å². The molecule has 5 rings (SSSR count). The normalized spacial score (nSPS) is 17.6. The lowest BCUT2D eigenvalue weighted by atomic mass is 9.95. The van der Waals surface area contributed by atoms with E-state index >= 15 is 0 Å². The van der Waals surface area contributed by atoms with Gasteiger partial charge in [-0.2, -0.15) is 13.2 Å². The number of hydrogen-bond donors (Lipinski definition) is 1. The number of amides is 2. The summed E-state index contributed by atoms with van der Waals surface area (Å²) in [6, 6.07) is 19.1. The summed E-state index contributed by atoms with van der Waals surface area (Å²) in [6.07, 6.45) is -3.00. The third-order valence-corrected chi connectivity index (χ3v) is 7.50. The Bertz CT molecular complexity index is 1290. The van der Waals surface area contributed by atoms with Crippen molar-refractivity contribution in [3.63, 3.8) is 0 Å². The number of nitrogens with one attached hydrogen (secondary N) is 1. The zero-order valence-electron chi connectivity index (χ0n) is 21.1. The Morgan fingerprint density at radius 3 is 2.26 bits per heavy atom. The second-order valence-electron chi connectivity index (χ2n) is 9.99. The van der Waals surface area contributed by atoms with Gasteiger partial charge in [0.25, 0.3) is 0 Å². The minimum atomic E-state index is -4.38. The predicted octanol–water partition coefficient (Wildman–Crippen LogP) is 4.86. The quantitative estimate of drug-likeness (QED) is 0.518. The van der Waals surface area contributed by atoms with Gasteiger partial charge in [-0.1, -0.05) is 42.5 Å². The topological polar surface area (TPSA) is 55.9 Å². The predicted molar refractivity (Wildman–Crippen MR) is 142 cm³/mol. The van der Waals surface area contributed by atoms with E-state index < -0.39 is 11.7 Å². The summed E-state index contributed by atoms with van der Waals surface area (Å²) in [7, 11) is 0. The van der Waals surface area contributed by atoms with E-state index in [9.17, 15) is 22.8 Å². The number of likely N-dealkylation sites (tertiary alicyclic amines) is 1. The van der Waals surface area contributed by atoms with Crippen LogP contribution in [0.5, 0.6) is 0 Å². The maximum atomic E-state index is 13.1. The number of benzene rings is 3. The molecule has 2 aliphatic heterocycles. The van der Waals surface area contributed by atoms with Gasteiger partial charge in [-0.3, -0.25) is 14.5 Å². The van der Waals surface area contributed by atoms with Crippen LogP contribution in [0, 0.1) is 5.92 Å². The van der Waals surface area contributed by atoms with Crippen molar-refractivity contribution in [2.45, 2.75) is 19.0 Å². The molecule has 6 nitrogen and oxygen atoms in total. The molecule has 0 bridgehead atoms. The Morgan fingerprint density at radius 1 is 0.842 bits per heavy atom. The van der Waals surface area contributed by atoms with E-state index in [2.05, 4.69) is 10.2 Å². The first-order valence-corrected chi connectivity index (χ1v) is 13.0. The van der Waals surface area contributed by atoms with Crippen molar-refractivity contribution in [1.29, 1.82) is 0 Å². The number of alkyl halides is 3. The highest BCUT2D eigenvalue weighted by atomic mass is 19.4. The summed E-state index contributed by atoms with van der Waals surface area (Å²) in [6.45, 7) is 3.60. The highest BCUT2D eigenvalue weighted by Gasteiger charge is 2.33. The summed E-state index contributed by atoms with van der Waals surface area (Å²) < 4.78 is 39.2. The van der Waals surface area contributed by atoms with E-state index in [1.807, 2.05) is 52.3 Å². The van der Waals surface area contributed by atoms with Crippen LogP contribution in [0.4, 0.5) is 24.5 Å². The molecule has 2 heterocycles. The molecule has 0 aliphatic carbocycles. The summed E-state index contributed by atoms with van der Waals surface area (Å²) in [5.74, 6) is -0.0575. The molecule has 0 unspecified atom stereocenters. The number of rotatable bonds is 5. The van der Waals surface area contributed by atoms with Crippen LogP contribution in [-0.2, 0) is 15.8 Å². The molecule has 0 saturated carbocycles. The van der Waals surface area contributed by atoms with Crippen molar-refractivity contribution < 1.29 is 22.8 Å². The van der Waals surface area contributed by atoms with Crippen LogP contribution >= 0.6 is 0 Å². The average molecular weight is 525 g/mol. The number of carbonyl (C=O) groups is 2. The molecule has 3 aromatic carbocycles. The molecule has 9 heteroatoms. The first-order valence-electron chi connectivity index (χ1n) is 13.0.